The van der Waals surface area contributed by atoms with Gasteiger partial charge in [-0.1, -0.05) is 269 Å². The van der Waals surface area contributed by atoms with Crippen molar-refractivity contribution in [1.29, 1.82) is 0 Å². The van der Waals surface area contributed by atoms with E-state index >= 15 is 0 Å². The number of esters is 3. The largest absolute Gasteiger partial charge is 0.462 e. The molecule has 0 spiro atoms. The van der Waals surface area contributed by atoms with Gasteiger partial charge in [0.15, 0.2) is 6.10 Å². The van der Waals surface area contributed by atoms with E-state index in [1.165, 1.54) is 180 Å². The molecular formula is C58H106O6. The summed E-state index contributed by atoms with van der Waals surface area (Å²) in [6, 6.07) is 0. The Bertz CT molecular complexity index is 1080. The van der Waals surface area contributed by atoms with Crippen molar-refractivity contribution in [3.8, 4) is 0 Å². The maximum absolute atomic E-state index is 12.8. The summed E-state index contributed by atoms with van der Waals surface area (Å²) in [7, 11) is 0. The van der Waals surface area contributed by atoms with Crippen LogP contribution in [0, 0.1) is 0 Å². The fourth-order valence-corrected chi connectivity index (χ4v) is 8.21. The summed E-state index contributed by atoms with van der Waals surface area (Å²) in [5, 5.41) is 0. The van der Waals surface area contributed by atoms with Crippen molar-refractivity contribution in [1.82, 2.24) is 0 Å². The quantitative estimate of drug-likeness (QED) is 0.0262. The van der Waals surface area contributed by atoms with Gasteiger partial charge in [0, 0.05) is 19.3 Å². The molecule has 0 aromatic carbocycles. The second-order valence-electron chi connectivity index (χ2n) is 18.9. The standard InChI is InChI=1S/C58H106O6/c1-4-7-10-13-16-19-22-25-27-28-29-31-33-36-39-42-45-48-51-57(60)63-54-55(53-62-56(59)50-47-44-41-38-35-32-24-21-18-15-12-9-6-3)64-58(61)52-49-46-43-40-37-34-30-26-23-20-17-14-11-8-5-2/h22,25,27-29,31,55H,4-21,23-24,26,30,32-54H2,1-3H3/b25-22-,28-27-,31-29-. The minimum atomic E-state index is -0.775. The van der Waals surface area contributed by atoms with Crippen molar-refractivity contribution in [2.45, 2.75) is 303 Å². The first-order chi connectivity index (χ1) is 31.5. The molecule has 0 fully saturated rings. The molecule has 0 aliphatic rings. The van der Waals surface area contributed by atoms with Crippen LogP contribution < -0.4 is 0 Å². The molecule has 6 heteroatoms. The Kier molecular flexibility index (Phi) is 51.3. The highest BCUT2D eigenvalue weighted by Gasteiger charge is 2.19. The van der Waals surface area contributed by atoms with Gasteiger partial charge in [-0.3, -0.25) is 14.4 Å². The highest BCUT2D eigenvalue weighted by molar-refractivity contribution is 5.71. The molecular weight excluding hydrogens is 793 g/mol. The Morgan fingerprint density at radius 2 is 0.562 bits per heavy atom. The summed E-state index contributed by atoms with van der Waals surface area (Å²) in [6.07, 6.45) is 62.7. The molecule has 6 nitrogen and oxygen atoms in total. The normalized spacial score (nSPS) is 12.2. The fourth-order valence-electron chi connectivity index (χ4n) is 8.21. The predicted molar refractivity (Wildman–Crippen MR) is 275 cm³/mol. The van der Waals surface area contributed by atoms with Crippen LogP contribution in [0.3, 0.4) is 0 Å². The Hall–Kier alpha value is -2.37. The Labute approximate surface area is 397 Å². The number of carbonyl (C=O) groups is 3. The second kappa shape index (κ2) is 53.2. The summed E-state index contributed by atoms with van der Waals surface area (Å²) in [6.45, 7) is 6.64. The maximum atomic E-state index is 12.8. The van der Waals surface area contributed by atoms with Gasteiger partial charge in [0.25, 0.3) is 0 Å². The van der Waals surface area contributed by atoms with Crippen molar-refractivity contribution in [3.63, 3.8) is 0 Å². The molecule has 0 aliphatic carbocycles. The van der Waals surface area contributed by atoms with Gasteiger partial charge < -0.3 is 14.2 Å². The summed E-state index contributed by atoms with van der Waals surface area (Å²) in [5.74, 6) is -0.878. The lowest BCUT2D eigenvalue weighted by molar-refractivity contribution is -0.167. The van der Waals surface area contributed by atoms with E-state index in [1.807, 2.05) is 0 Å². The molecule has 0 bridgehead atoms. The Morgan fingerprint density at radius 1 is 0.312 bits per heavy atom. The first-order valence-corrected chi connectivity index (χ1v) is 28.0. The van der Waals surface area contributed by atoms with E-state index in [9.17, 15) is 14.4 Å². The second-order valence-corrected chi connectivity index (χ2v) is 18.9. The van der Waals surface area contributed by atoms with Crippen LogP contribution in [0.15, 0.2) is 36.5 Å². The molecule has 0 saturated carbocycles. The molecule has 0 radical (unpaired) electrons. The van der Waals surface area contributed by atoms with E-state index in [-0.39, 0.29) is 31.1 Å². The predicted octanol–water partition coefficient (Wildman–Crippen LogP) is 18.5. The first-order valence-electron chi connectivity index (χ1n) is 28.0. The first kappa shape index (κ1) is 61.6. The van der Waals surface area contributed by atoms with Crippen LogP contribution in [0.25, 0.3) is 0 Å². The minimum Gasteiger partial charge on any atom is -0.462 e. The van der Waals surface area contributed by atoms with E-state index in [4.69, 9.17) is 14.2 Å². The molecule has 0 aromatic rings. The molecule has 0 aromatic heterocycles. The molecule has 0 saturated heterocycles. The highest BCUT2D eigenvalue weighted by Crippen LogP contribution is 2.16. The highest BCUT2D eigenvalue weighted by atomic mass is 16.6. The summed E-state index contributed by atoms with van der Waals surface area (Å²) in [5.41, 5.74) is 0. The van der Waals surface area contributed by atoms with E-state index in [1.54, 1.807) is 0 Å². The van der Waals surface area contributed by atoms with Crippen LogP contribution in [-0.2, 0) is 28.6 Å². The van der Waals surface area contributed by atoms with Gasteiger partial charge in [-0.25, -0.2) is 0 Å². The number of ether oxygens (including phenoxy) is 3. The number of hydrogen-bond donors (Lipinski definition) is 0. The van der Waals surface area contributed by atoms with Crippen LogP contribution in [0.5, 0.6) is 0 Å². The van der Waals surface area contributed by atoms with Gasteiger partial charge in [-0.05, 0) is 44.9 Å². The van der Waals surface area contributed by atoms with Crippen LogP contribution in [-0.4, -0.2) is 37.2 Å². The number of unbranched alkanes of at least 4 members (excludes halogenated alkanes) is 36. The topological polar surface area (TPSA) is 78.9 Å². The number of rotatable bonds is 51. The fraction of sp³-hybridized carbons (Fsp3) is 0.845. The van der Waals surface area contributed by atoms with Gasteiger partial charge in [-0.2, -0.15) is 0 Å². The molecule has 1 atom stereocenters. The molecule has 0 amide bonds. The molecule has 0 aliphatic heterocycles. The third-order valence-electron chi connectivity index (χ3n) is 12.5. The van der Waals surface area contributed by atoms with Crippen molar-refractivity contribution in [3.05, 3.63) is 36.5 Å². The molecule has 0 N–H and O–H groups in total. The zero-order chi connectivity index (χ0) is 46.5. The summed E-state index contributed by atoms with van der Waals surface area (Å²) < 4.78 is 16.8. The SMILES string of the molecule is CCCCCCC\C=C/C=C\C=C/CCCCCCCC(=O)OCC(COC(=O)CCCCCCCCCCCCCCC)OC(=O)CCCCCCCCCCCCCCCCC. The van der Waals surface area contributed by atoms with Crippen LogP contribution in [0.1, 0.15) is 297 Å². The summed E-state index contributed by atoms with van der Waals surface area (Å²) >= 11 is 0. The van der Waals surface area contributed by atoms with Gasteiger partial charge in [0.05, 0.1) is 0 Å². The van der Waals surface area contributed by atoms with Crippen LogP contribution in [0.4, 0.5) is 0 Å². The number of carbonyl (C=O) groups excluding carboxylic acids is 3. The van der Waals surface area contributed by atoms with Gasteiger partial charge in [0.2, 0.25) is 0 Å². The van der Waals surface area contributed by atoms with Gasteiger partial charge in [0.1, 0.15) is 13.2 Å². The average molecular weight is 899 g/mol. The smallest absolute Gasteiger partial charge is 0.306 e. The molecule has 0 rings (SSSR count). The molecule has 64 heavy (non-hydrogen) atoms. The van der Waals surface area contributed by atoms with Crippen molar-refractivity contribution >= 4 is 17.9 Å². The molecule has 1 unspecified atom stereocenters. The van der Waals surface area contributed by atoms with Crippen LogP contribution in [0.2, 0.25) is 0 Å². The zero-order valence-electron chi connectivity index (χ0n) is 42.8. The van der Waals surface area contributed by atoms with Crippen molar-refractivity contribution < 1.29 is 28.6 Å². The monoisotopic (exact) mass is 899 g/mol. The lowest BCUT2D eigenvalue weighted by Gasteiger charge is -2.18. The molecule has 374 valence electrons. The van der Waals surface area contributed by atoms with Crippen molar-refractivity contribution in [2.75, 3.05) is 13.2 Å². The Balaban J connectivity index is 4.37. The number of allylic oxidation sites excluding steroid dienone is 6. The van der Waals surface area contributed by atoms with Crippen molar-refractivity contribution in [2.24, 2.45) is 0 Å². The maximum Gasteiger partial charge on any atom is 0.306 e. The average Bonchev–Trinajstić information content (AvgIpc) is 3.29. The van der Waals surface area contributed by atoms with E-state index in [0.29, 0.717) is 19.3 Å². The van der Waals surface area contributed by atoms with E-state index < -0.39 is 6.10 Å². The van der Waals surface area contributed by atoms with E-state index in [0.717, 1.165) is 77.0 Å². The van der Waals surface area contributed by atoms with Crippen LogP contribution >= 0.6 is 0 Å². The van der Waals surface area contributed by atoms with Gasteiger partial charge >= 0.3 is 17.9 Å². The summed E-state index contributed by atoms with van der Waals surface area (Å²) in [4.78, 5) is 38.1. The zero-order valence-corrected chi connectivity index (χ0v) is 42.8. The third kappa shape index (κ3) is 50.6. The molecule has 0 heterocycles. The van der Waals surface area contributed by atoms with E-state index in [2.05, 4.69) is 57.2 Å². The Morgan fingerprint density at radius 3 is 0.859 bits per heavy atom. The van der Waals surface area contributed by atoms with Gasteiger partial charge in [-0.15, -0.1) is 0 Å². The minimum absolute atomic E-state index is 0.0741. The third-order valence-corrected chi connectivity index (χ3v) is 12.5. The lowest BCUT2D eigenvalue weighted by Crippen LogP contribution is -2.30. The number of hydrogen-bond acceptors (Lipinski definition) is 6. The lowest BCUT2D eigenvalue weighted by atomic mass is 10.0.